The van der Waals surface area contributed by atoms with Crippen molar-refractivity contribution in [3.8, 4) is 0 Å². The van der Waals surface area contributed by atoms with E-state index in [2.05, 4.69) is 37.9 Å². The van der Waals surface area contributed by atoms with Crippen molar-refractivity contribution in [2.45, 2.75) is 27.7 Å². The molecule has 126 valence electrons. The van der Waals surface area contributed by atoms with E-state index < -0.39 is 0 Å². The predicted octanol–water partition coefficient (Wildman–Crippen LogP) is 3.36. The summed E-state index contributed by atoms with van der Waals surface area (Å²) in [4.78, 5) is 14.2. The van der Waals surface area contributed by atoms with Gasteiger partial charge in [0.05, 0.1) is 5.56 Å². The van der Waals surface area contributed by atoms with Crippen molar-refractivity contribution >= 4 is 24.1 Å². The molecule has 0 aliphatic rings. The molecule has 0 radical (unpaired) electrons. The third-order valence-corrected chi connectivity index (χ3v) is 3.28. The number of nitrogens with one attached hydrogen (secondary N) is 1. The Morgan fingerprint density at radius 2 is 1.95 bits per heavy atom. The normalized spacial score (nSPS) is 10.2. The van der Waals surface area contributed by atoms with E-state index in [0.29, 0.717) is 24.6 Å². The van der Waals surface area contributed by atoms with Gasteiger partial charge in [0.1, 0.15) is 6.61 Å². The largest absolute Gasteiger partial charge is 0.461 e. The summed E-state index contributed by atoms with van der Waals surface area (Å²) in [6.45, 7) is 12.4. The molecule has 0 fully saturated rings. The van der Waals surface area contributed by atoms with E-state index in [9.17, 15) is 4.79 Å². The highest BCUT2D eigenvalue weighted by molar-refractivity contribution is 5.90. The van der Waals surface area contributed by atoms with Gasteiger partial charge in [0.25, 0.3) is 0 Å². The molecule has 4 nitrogen and oxygen atoms in total. The molecule has 0 saturated heterocycles. The van der Waals surface area contributed by atoms with Crippen molar-refractivity contribution in [2.75, 3.05) is 37.7 Å². The first-order valence-corrected chi connectivity index (χ1v) is 7.81. The Balaban J connectivity index is 0.00000441. The average Bonchev–Trinajstić information content (AvgIpc) is 2.48. The topological polar surface area (TPSA) is 41.6 Å². The maximum Gasteiger partial charge on any atom is 0.338 e. The number of carbonyl (C=O) groups excluding carboxylic acids is 1. The molecular weight excluding hydrogens is 300 g/mol. The van der Waals surface area contributed by atoms with Gasteiger partial charge < -0.3 is 15.0 Å². The van der Waals surface area contributed by atoms with Gasteiger partial charge in [-0.3, -0.25) is 0 Å². The molecule has 0 spiro atoms. The summed E-state index contributed by atoms with van der Waals surface area (Å²) < 4.78 is 5.29. The number of ether oxygens (including phenoxy) is 1. The van der Waals surface area contributed by atoms with Crippen LogP contribution in [0.15, 0.2) is 24.3 Å². The Kier molecular flexibility index (Phi) is 10.7. The average molecular weight is 329 g/mol. The molecule has 0 atom stereocenters. The summed E-state index contributed by atoms with van der Waals surface area (Å²) in [5.41, 5.74) is 1.68. The van der Waals surface area contributed by atoms with Crippen LogP contribution in [0.1, 0.15) is 38.1 Å². The fourth-order valence-corrected chi connectivity index (χ4v) is 2.11. The van der Waals surface area contributed by atoms with Crippen LogP contribution in [0.3, 0.4) is 0 Å². The highest BCUT2D eigenvalue weighted by Crippen LogP contribution is 2.16. The maximum atomic E-state index is 12.0. The van der Waals surface area contributed by atoms with Gasteiger partial charge in [-0.15, -0.1) is 12.4 Å². The zero-order valence-corrected chi connectivity index (χ0v) is 14.9. The van der Waals surface area contributed by atoms with Crippen LogP contribution >= 0.6 is 12.4 Å². The first-order valence-electron chi connectivity index (χ1n) is 7.81. The molecule has 0 aliphatic heterocycles. The number of benzene rings is 1. The van der Waals surface area contributed by atoms with Gasteiger partial charge in [-0.1, -0.05) is 19.9 Å². The van der Waals surface area contributed by atoms with E-state index in [4.69, 9.17) is 4.74 Å². The van der Waals surface area contributed by atoms with Crippen molar-refractivity contribution in [1.82, 2.24) is 5.32 Å². The minimum Gasteiger partial charge on any atom is -0.461 e. The van der Waals surface area contributed by atoms with Gasteiger partial charge >= 0.3 is 5.97 Å². The van der Waals surface area contributed by atoms with Crippen LogP contribution in [0.25, 0.3) is 0 Å². The van der Waals surface area contributed by atoms with Crippen LogP contribution in [-0.2, 0) is 4.74 Å². The van der Waals surface area contributed by atoms with Gasteiger partial charge in [0.15, 0.2) is 0 Å². The Bertz CT molecular complexity index is 434. The molecule has 0 aromatic heterocycles. The molecule has 22 heavy (non-hydrogen) atoms. The number of rotatable bonds is 9. The van der Waals surface area contributed by atoms with E-state index >= 15 is 0 Å². The van der Waals surface area contributed by atoms with Crippen molar-refractivity contribution in [2.24, 2.45) is 5.92 Å². The third-order valence-electron chi connectivity index (χ3n) is 3.28. The van der Waals surface area contributed by atoms with Crippen molar-refractivity contribution in [3.63, 3.8) is 0 Å². The van der Waals surface area contributed by atoms with E-state index in [1.165, 1.54) is 0 Å². The molecule has 1 aromatic carbocycles. The zero-order valence-electron chi connectivity index (χ0n) is 14.1. The molecule has 0 amide bonds. The molecular formula is C17H29ClN2O2. The fraction of sp³-hybridized carbons (Fsp3) is 0.588. The number of esters is 1. The SMILES string of the molecule is CCN(CC)c1cccc(C(=O)OCCNCC(C)C)c1.Cl. The standard InChI is InChI=1S/C17H28N2O2.ClH/c1-5-19(6-2)16-9-7-8-15(12-16)17(20)21-11-10-18-13-14(3)4;/h7-9,12,14,18H,5-6,10-11,13H2,1-4H3;1H. The van der Waals surface area contributed by atoms with Crippen molar-refractivity contribution in [3.05, 3.63) is 29.8 Å². The van der Waals surface area contributed by atoms with Crippen LogP contribution in [-0.4, -0.2) is 38.8 Å². The molecule has 5 heteroatoms. The van der Waals surface area contributed by atoms with E-state index in [0.717, 1.165) is 25.3 Å². The van der Waals surface area contributed by atoms with Crippen molar-refractivity contribution in [1.29, 1.82) is 0 Å². The van der Waals surface area contributed by atoms with Gasteiger partial charge in [0.2, 0.25) is 0 Å². The molecule has 0 bridgehead atoms. The van der Waals surface area contributed by atoms with Gasteiger partial charge in [-0.2, -0.15) is 0 Å². The number of nitrogens with zero attached hydrogens (tertiary/aromatic N) is 1. The second-order valence-corrected chi connectivity index (χ2v) is 5.46. The number of halogens is 1. The number of hydrogen-bond acceptors (Lipinski definition) is 4. The Morgan fingerprint density at radius 3 is 2.55 bits per heavy atom. The maximum absolute atomic E-state index is 12.0. The zero-order chi connectivity index (χ0) is 15.7. The summed E-state index contributed by atoms with van der Waals surface area (Å²) in [7, 11) is 0. The highest BCUT2D eigenvalue weighted by Gasteiger charge is 2.09. The first-order chi connectivity index (χ1) is 10.1. The van der Waals surface area contributed by atoms with E-state index in [1.807, 2.05) is 18.2 Å². The van der Waals surface area contributed by atoms with Gasteiger partial charge in [-0.05, 0) is 44.5 Å². The molecule has 0 aliphatic carbocycles. The Morgan fingerprint density at radius 1 is 1.27 bits per heavy atom. The lowest BCUT2D eigenvalue weighted by Crippen LogP contribution is -2.25. The second kappa shape index (κ2) is 11.3. The molecule has 1 N–H and O–H groups in total. The van der Waals surface area contributed by atoms with E-state index in [-0.39, 0.29) is 18.4 Å². The van der Waals surface area contributed by atoms with Gasteiger partial charge in [0, 0.05) is 25.3 Å². The molecule has 0 saturated carbocycles. The highest BCUT2D eigenvalue weighted by atomic mass is 35.5. The summed E-state index contributed by atoms with van der Waals surface area (Å²) in [5, 5.41) is 3.25. The monoisotopic (exact) mass is 328 g/mol. The van der Waals surface area contributed by atoms with Crippen LogP contribution in [0.2, 0.25) is 0 Å². The number of hydrogen-bond donors (Lipinski definition) is 1. The van der Waals surface area contributed by atoms with Crippen LogP contribution in [0.5, 0.6) is 0 Å². The minimum atomic E-state index is -0.254. The molecule has 1 aromatic rings. The van der Waals surface area contributed by atoms with E-state index in [1.54, 1.807) is 6.07 Å². The molecule has 1 rings (SSSR count). The van der Waals surface area contributed by atoms with Crippen LogP contribution in [0, 0.1) is 5.92 Å². The third kappa shape index (κ3) is 7.14. The van der Waals surface area contributed by atoms with Crippen LogP contribution < -0.4 is 10.2 Å². The van der Waals surface area contributed by atoms with Crippen LogP contribution in [0.4, 0.5) is 5.69 Å². The summed E-state index contributed by atoms with van der Waals surface area (Å²) in [6.07, 6.45) is 0. The predicted molar refractivity (Wildman–Crippen MR) is 95.2 cm³/mol. The summed E-state index contributed by atoms with van der Waals surface area (Å²) in [6, 6.07) is 7.63. The summed E-state index contributed by atoms with van der Waals surface area (Å²) in [5.74, 6) is 0.349. The van der Waals surface area contributed by atoms with Crippen molar-refractivity contribution < 1.29 is 9.53 Å². The minimum absolute atomic E-state index is 0. The summed E-state index contributed by atoms with van der Waals surface area (Å²) >= 11 is 0. The van der Waals surface area contributed by atoms with Gasteiger partial charge in [-0.25, -0.2) is 4.79 Å². The number of carbonyl (C=O) groups is 1. The fourth-order valence-electron chi connectivity index (χ4n) is 2.11. The Labute approximate surface area is 140 Å². The first kappa shape index (κ1) is 20.7. The second-order valence-electron chi connectivity index (χ2n) is 5.46. The number of anilines is 1. The Hall–Kier alpha value is -1.26. The lowest BCUT2D eigenvalue weighted by molar-refractivity contribution is 0.0508. The molecule has 0 unspecified atom stereocenters. The lowest BCUT2D eigenvalue weighted by Gasteiger charge is -2.21. The quantitative estimate of drug-likeness (QED) is 0.557. The molecule has 0 heterocycles. The smallest absolute Gasteiger partial charge is 0.338 e. The lowest BCUT2D eigenvalue weighted by atomic mass is 10.2.